The number of aromatic nitrogens is 2. The molecule has 6 heteroatoms. The predicted molar refractivity (Wildman–Crippen MR) is 75.7 cm³/mol. The summed E-state index contributed by atoms with van der Waals surface area (Å²) in [6.07, 6.45) is 2.91. The number of aryl methyl sites for hydroxylation is 1. The van der Waals surface area contributed by atoms with Crippen LogP contribution < -0.4 is 10.6 Å². The van der Waals surface area contributed by atoms with Gasteiger partial charge in [0.05, 0.1) is 13.2 Å². The van der Waals surface area contributed by atoms with Gasteiger partial charge in [-0.25, -0.2) is 0 Å². The number of nitrogens with one attached hydrogen (secondary N) is 2. The first-order chi connectivity index (χ1) is 9.76. The van der Waals surface area contributed by atoms with Crippen LogP contribution in [0.3, 0.4) is 0 Å². The minimum absolute atomic E-state index is 0.00361. The molecule has 0 bridgehead atoms. The van der Waals surface area contributed by atoms with Crippen LogP contribution in [0.1, 0.15) is 37.8 Å². The van der Waals surface area contributed by atoms with E-state index in [0.717, 1.165) is 19.7 Å². The molecule has 6 nitrogen and oxygen atoms in total. The molecular weight excluding hydrogens is 256 g/mol. The Labute approximate surface area is 118 Å². The molecule has 0 radical (unpaired) electrons. The lowest BCUT2D eigenvalue weighted by atomic mass is 10.2. The summed E-state index contributed by atoms with van der Waals surface area (Å²) < 4.78 is 7.35. The van der Waals surface area contributed by atoms with E-state index in [1.165, 1.54) is 18.5 Å². The van der Waals surface area contributed by atoms with Crippen LogP contribution in [0.25, 0.3) is 0 Å². The summed E-state index contributed by atoms with van der Waals surface area (Å²) in [6, 6.07) is 2.13. The molecule has 1 aromatic rings. The molecule has 1 aromatic heterocycles. The van der Waals surface area contributed by atoms with Crippen LogP contribution in [0, 0.1) is 0 Å². The Morgan fingerprint density at radius 1 is 1.60 bits per heavy atom. The number of nitrogens with zero attached hydrogens (tertiary/aromatic N) is 2. The van der Waals surface area contributed by atoms with Gasteiger partial charge < -0.3 is 15.4 Å². The number of amides is 1. The number of anilines is 1. The summed E-state index contributed by atoms with van der Waals surface area (Å²) in [4.78, 5) is 12.0. The minimum Gasteiger partial charge on any atom is -0.378 e. The van der Waals surface area contributed by atoms with Gasteiger partial charge in [0.1, 0.15) is 0 Å². The van der Waals surface area contributed by atoms with Gasteiger partial charge in [-0.3, -0.25) is 9.48 Å². The molecule has 2 heterocycles. The molecule has 2 fully saturated rings. The van der Waals surface area contributed by atoms with Gasteiger partial charge in [0.25, 0.3) is 0 Å². The standard InChI is InChI=1S/C14H22N4O2/c1-2-18-12(10-3-4-10)8-13(17-18)16-14(19)7-11-9-20-6-5-15-11/h8,10-11,15H,2-7,9H2,1H3,(H,16,17,19). The molecule has 1 saturated heterocycles. The van der Waals surface area contributed by atoms with Crippen molar-refractivity contribution < 1.29 is 9.53 Å². The zero-order valence-corrected chi connectivity index (χ0v) is 11.9. The van der Waals surface area contributed by atoms with E-state index in [4.69, 9.17) is 4.74 Å². The van der Waals surface area contributed by atoms with Gasteiger partial charge >= 0.3 is 0 Å². The number of rotatable bonds is 5. The van der Waals surface area contributed by atoms with Gasteiger partial charge in [-0.05, 0) is 19.8 Å². The fourth-order valence-electron chi connectivity index (χ4n) is 2.62. The van der Waals surface area contributed by atoms with Crippen molar-refractivity contribution in [3.63, 3.8) is 0 Å². The smallest absolute Gasteiger partial charge is 0.227 e. The van der Waals surface area contributed by atoms with Crippen LogP contribution in [-0.2, 0) is 16.1 Å². The Balaban J connectivity index is 1.57. The maximum absolute atomic E-state index is 12.0. The van der Waals surface area contributed by atoms with E-state index >= 15 is 0 Å². The fraction of sp³-hybridized carbons (Fsp3) is 0.714. The Hall–Kier alpha value is -1.40. The highest BCUT2D eigenvalue weighted by Gasteiger charge is 2.28. The summed E-state index contributed by atoms with van der Waals surface area (Å²) in [5.41, 5.74) is 1.25. The first-order valence-corrected chi connectivity index (χ1v) is 7.45. The number of carbonyl (C=O) groups is 1. The van der Waals surface area contributed by atoms with Crippen LogP contribution in [0.5, 0.6) is 0 Å². The Morgan fingerprint density at radius 2 is 2.45 bits per heavy atom. The second-order valence-electron chi connectivity index (χ2n) is 5.52. The topological polar surface area (TPSA) is 68.2 Å². The molecule has 1 atom stereocenters. The zero-order valence-electron chi connectivity index (χ0n) is 11.9. The van der Waals surface area contributed by atoms with E-state index in [0.29, 0.717) is 24.8 Å². The second kappa shape index (κ2) is 5.93. The van der Waals surface area contributed by atoms with Crippen LogP contribution in [-0.4, -0.2) is 41.5 Å². The van der Waals surface area contributed by atoms with Gasteiger partial charge in [0.2, 0.25) is 5.91 Å². The summed E-state index contributed by atoms with van der Waals surface area (Å²) >= 11 is 0. The molecular formula is C14H22N4O2. The maximum atomic E-state index is 12.0. The van der Waals surface area contributed by atoms with Crippen molar-refractivity contribution in [2.45, 2.75) is 44.7 Å². The molecule has 110 valence electrons. The summed E-state index contributed by atoms with van der Waals surface area (Å²) in [5, 5.41) is 10.6. The first kappa shape index (κ1) is 13.6. The largest absolute Gasteiger partial charge is 0.378 e. The summed E-state index contributed by atoms with van der Waals surface area (Å²) in [7, 11) is 0. The van der Waals surface area contributed by atoms with Crippen molar-refractivity contribution in [2.75, 3.05) is 25.1 Å². The van der Waals surface area contributed by atoms with E-state index in [1.54, 1.807) is 0 Å². The van der Waals surface area contributed by atoms with Gasteiger partial charge in [-0.1, -0.05) is 0 Å². The molecule has 1 unspecified atom stereocenters. The fourth-order valence-corrected chi connectivity index (χ4v) is 2.62. The van der Waals surface area contributed by atoms with E-state index < -0.39 is 0 Å². The highest BCUT2D eigenvalue weighted by atomic mass is 16.5. The third-order valence-corrected chi connectivity index (χ3v) is 3.80. The van der Waals surface area contributed by atoms with Gasteiger partial charge in [0, 0.05) is 43.2 Å². The van der Waals surface area contributed by atoms with Crippen molar-refractivity contribution in [3.05, 3.63) is 11.8 Å². The van der Waals surface area contributed by atoms with Crippen molar-refractivity contribution in [2.24, 2.45) is 0 Å². The monoisotopic (exact) mass is 278 g/mol. The summed E-state index contributed by atoms with van der Waals surface area (Å²) in [6.45, 7) is 5.07. The van der Waals surface area contributed by atoms with Gasteiger partial charge in [0.15, 0.2) is 5.82 Å². The molecule has 3 rings (SSSR count). The minimum atomic E-state index is -0.00361. The lowest BCUT2D eigenvalue weighted by molar-refractivity contribution is -0.117. The number of hydrogen-bond donors (Lipinski definition) is 2. The Bertz CT molecular complexity index is 476. The molecule has 20 heavy (non-hydrogen) atoms. The molecule has 1 saturated carbocycles. The van der Waals surface area contributed by atoms with Crippen molar-refractivity contribution in [1.82, 2.24) is 15.1 Å². The lowest BCUT2D eigenvalue weighted by Crippen LogP contribution is -2.43. The number of ether oxygens (including phenoxy) is 1. The van der Waals surface area contributed by atoms with Crippen molar-refractivity contribution in [3.8, 4) is 0 Å². The van der Waals surface area contributed by atoms with E-state index in [9.17, 15) is 4.79 Å². The molecule has 1 aliphatic heterocycles. The highest BCUT2D eigenvalue weighted by Crippen LogP contribution is 2.40. The average Bonchev–Trinajstić information content (AvgIpc) is 3.21. The van der Waals surface area contributed by atoms with Crippen LogP contribution in [0.4, 0.5) is 5.82 Å². The van der Waals surface area contributed by atoms with Crippen molar-refractivity contribution >= 4 is 11.7 Å². The van der Waals surface area contributed by atoms with Gasteiger partial charge in [-0.15, -0.1) is 0 Å². The quantitative estimate of drug-likeness (QED) is 0.846. The van der Waals surface area contributed by atoms with E-state index in [2.05, 4.69) is 22.7 Å². The van der Waals surface area contributed by atoms with Gasteiger partial charge in [-0.2, -0.15) is 5.10 Å². The first-order valence-electron chi connectivity index (χ1n) is 7.45. The van der Waals surface area contributed by atoms with Crippen molar-refractivity contribution in [1.29, 1.82) is 0 Å². The van der Waals surface area contributed by atoms with Crippen LogP contribution in [0.15, 0.2) is 6.07 Å². The second-order valence-corrected chi connectivity index (χ2v) is 5.52. The normalized spacial score (nSPS) is 22.8. The molecule has 1 aliphatic carbocycles. The van der Waals surface area contributed by atoms with E-state index in [1.807, 2.05) is 10.7 Å². The van der Waals surface area contributed by atoms with E-state index in [-0.39, 0.29) is 11.9 Å². The highest BCUT2D eigenvalue weighted by molar-refractivity contribution is 5.90. The number of carbonyl (C=O) groups excluding carboxylic acids is 1. The number of hydrogen-bond acceptors (Lipinski definition) is 4. The summed E-state index contributed by atoms with van der Waals surface area (Å²) in [5.74, 6) is 1.31. The van der Waals surface area contributed by atoms with Crippen LogP contribution in [0.2, 0.25) is 0 Å². The molecule has 2 N–H and O–H groups in total. The lowest BCUT2D eigenvalue weighted by Gasteiger charge is -2.22. The molecule has 0 aromatic carbocycles. The zero-order chi connectivity index (χ0) is 13.9. The number of morpholine rings is 1. The SMILES string of the molecule is CCn1nc(NC(=O)CC2COCCN2)cc1C1CC1. The predicted octanol–water partition coefficient (Wildman–Crippen LogP) is 1.10. The average molecular weight is 278 g/mol. The molecule has 0 spiro atoms. The Morgan fingerprint density at radius 3 is 3.10 bits per heavy atom. The molecule has 1 amide bonds. The maximum Gasteiger partial charge on any atom is 0.227 e. The third kappa shape index (κ3) is 3.19. The van der Waals surface area contributed by atoms with Crippen LogP contribution >= 0.6 is 0 Å². The molecule has 2 aliphatic rings. The third-order valence-electron chi connectivity index (χ3n) is 3.80. The Kier molecular flexibility index (Phi) is 4.03.